The molecular weight excluding hydrogens is 294 g/mol. The van der Waals surface area contributed by atoms with Crippen molar-refractivity contribution < 1.29 is 19.4 Å². The van der Waals surface area contributed by atoms with Gasteiger partial charge in [-0.25, -0.2) is 4.79 Å². The second-order valence-corrected chi connectivity index (χ2v) is 6.27. The van der Waals surface area contributed by atoms with Crippen LogP contribution in [0.2, 0.25) is 0 Å². The van der Waals surface area contributed by atoms with Gasteiger partial charge in [0.2, 0.25) is 0 Å². The predicted molar refractivity (Wildman–Crippen MR) is 90.3 cm³/mol. The standard InChI is InChI=1S/C18H31NO4/c1-4-5-8-14(2)17(22-3)11-6-10-16(18(20)21)19-15-9-7-12-23-13-15/h14-17,19H,4-5,7-9,11-13H2,1-3H3,(H,20,21)/t14-,15+,16-,17-/m0/s1. The van der Waals surface area contributed by atoms with Crippen LogP contribution < -0.4 is 5.32 Å². The van der Waals surface area contributed by atoms with E-state index in [1.54, 1.807) is 7.11 Å². The molecule has 132 valence electrons. The van der Waals surface area contributed by atoms with Gasteiger partial charge in [-0.1, -0.05) is 38.5 Å². The van der Waals surface area contributed by atoms with Crippen molar-refractivity contribution in [3.05, 3.63) is 0 Å². The van der Waals surface area contributed by atoms with Gasteiger partial charge in [-0.2, -0.15) is 0 Å². The van der Waals surface area contributed by atoms with E-state index >= 15 is 0 Å². The number of unbranched alkanes of at least 4 members (excludes halogenated alkanes) is 1. The Morgan fingerprint density at radius 3 is 2.87 bits per heavy atom. The second-order valence-electron chi connectivity index (χ2n) is 6.27. The Bertz CT molecular complexity index is 396. The molecule has 0 aliphatic carbocycles. The first-order chi connectivity index (χ1) is 11.1. The highest BCUT2D eigenvalue weighted by molar-refractivity contribution is 5.77. The van der Waals surface area contributed by atoms with E-state index in [1.807, 2.05) is 0 Å². The summed E-state index contributed by atoms with van der Waals surface area (Å²) in [5.41, 5.74) is 0. The molecule has 0 saturated carbocycles. The van der Waals surface area contributed by atoms with Crippen LogP contribution >= 0.6 is 0 Å². The predicted octanol–water partition coefficient (Wildman–Crippen LogP) is 2.44. The number of nitrogens with one attached hydrogen (secondary N) is 1. The highest BCUT2D eigenvalue weighted by Gasteiger charge is 2.22. The van der Waals surface area contributed by atoms with Gasteiger partial charge in [-0.3, -0.25) is 5.32 Å². The summed E-state index contributed by atoms with van der Waals surface area (Å²) in [5.74, 6) is 5.35. The van der Waals surface area contributed by atoms with Crippen molar-refractivity contribution in [1.82, 2.24) is 5.32 Å². The van der Waals surface area contributed by atoms with Crippen LogP contribution in [0.15, 0.2) is 0 Å². The number of rotatable bonds is 9. The van der Waals surface area contributed by atoms with E-state index in [0.717, 1.165) is 25.9 Å². The lowest BCUT2D eigenvalue weighted by atomic mass is 9.96. The molecule has 1 rings (SSSR count). The Morgan fingerprint density at radius 2 is 2.30 bits per heavy atom. The summed E-state index contributed by atoms with van der Waals surface area (Å²) >= 11 is 0. The fourth-order valence-electron chi connectivity index (χ4n) is 2.77. The fraction of sp³-hybridized carbons (Fsp3) is 0.833. The Labute approximate surface area is 140 Å². The summed E-state index contributed by atoms with van der Waals surface area (Å²) in [6.45, 7) is 5.65. The number of aliphatic carboxylic acids is 1. The third-order valence-electron chi connectivity index (χ3n) is 4.31. The van der Waals surface area contributed by atoms with Crippen LogP contribution in [0.3, 0.4) is 0 Å². The minimum Gasteiger partial charge on any atom is -0.479 e. The first-order valence-corrected chi connectivity index (χ1v) is 8.66. The summed E-state index contributed by atoms with van der Waals surface area (Å²) in [6.07, 6.45) is 5.96. The van der Waals surface area contributed by atoms with Crippen LogP contribution in [0, 0.1) is 17.8 Å². The first kappa shape index (κ1) is 20.0. The molecule has 5 nitrogen and oxygen atoms in total. The zero-order valence-electron chi connectivity index (χ0n) is 14.6. The highest BCUT2D eigenvalue weighted by atomic mass is 16.5. The van der Waals surface area contributed by atoms with E-state index in [2.05, 4.69) is 31.0 Å². The van der Waals surface area contributed by atoms with E-state index < -0.39 is 12.0 Å². The Morgan fingerprint density at radius 1 is 1.52 bits per heavy atom. The Hall–Kier alpha value is -1.09. The summed E-state index contributed by atoms with van der Waals surface area (Å²) in [6, 6.07) is -0.772. The molecule has 0 aromatic rings. The molecule has 1 heterocycles. The van der Waals surface area contributed by atoms with E-state index in [9.17, 15) is 9.90 Å². The van der Waals surface area contributed by atoms with Gasteiger partial charge in [0.15, 0.2) is 6.04 Å². The molecule has 0 unspecified atom stereocenters. The minimum absolute atomic E-state index is 0.0570. The smallest absolute Gasteiger partial charge is 0.333 e. The maximum atomic E-state index is 11.4. The van der Waals surface area contributed by atoms with Crippen molar-refractivity contribution >= 4 is 5.97 Å². The molecule has 0 aromatic carbocycles. The molecule has 0 radical (unpaired) electrons. The molecule has 1 aliphatic heterocycles. The zero-order valence-corrected chi connectivity index (χ0v) is 14.6. The van der Waals surface area contributed by atoms with Crippen molar-refractivity contribution in [2.45, 2.75) is 70.6 Å². The molecule has 0 amide bonds. The van der Waals surface area contributed by atoms with Crippen LogP contribution in [-0.2, 0) is 14.3 Å². The molecule has 23 heavy (non-hydrogen) atoms. The minimum atomic E-state index is -0.934. The Balaban J connectivity index is 2.51. The summed E-state index contributed by atoms with van der Waals surface area (Å²) < 4.78 is 10.9. The second kappa shape index (κ2) is 11.4. The molecule has 0 spiro atoms. The average molecular weight is 325 g/mol. The Kier molecular flexibility index (Phi) is 9.93. The lowest BCUT2D eigenvalue weighted by Gasteiger charge is -2.24. The molecule has 1 aliphatic rings. The number of methoxy groups -OCH3 is 1. The van der Waals surface area contributed by atoms with Crippen molar-refractivity contribution in [2.75, 3.05) is 20.3 Å². The number of hydrogen-bond acceptors (Lipinski definition) is 4. The number of hydrogen-bond donors (Lipinski definition) is 2. The van der Waals surface area contributed by atoms with E-state index in [0.29, 0.717) is 18.9 Å². The number of carboxylic acids is 1. The van der Waals surface area contributed by atoms with Gasteiger partial charge in [0, 0.05) is 26.2 Å². The van der Waals surface area contributed by atoms with Crippen LogP contribution in [0.1, 0.15) is 52.4 Å². The first-order valence-electron chi connectivity index (χ1n) is 8.66. The molecule has 4 atom stereocenters. The highest BCUT2D eigenvalue weighted by Crippen LogP contribution is 2.17. The average Bonchev–Trinajstić information content (AvgIpc) is 2.56. The van der Waals surface area contributed by atoms with Crippen LogP contribution in [-0.4, -0.2) is 49.6 Å². The van der Waals surface area contributed by atoms with Crippen LogP contribution in [0.25, 0.3) is 0 Å². The third-order valence-corrected chi connectivity index (χ3v) is 4.31. The van der Waals surface area contributed by atoms with Crippen LogP contribution in [0.4, 0.5) is 0 Å². The van der Waals surface area contributed by atoms with Gasteiger partial charge < -0.3 is 14.6 Å². The monoisotopic (exact) mass is 325 g/mol. The molecule has 5 heteroatoms. The molecule has 1 fully saturated rings. The van der Waals surface area contributed by atoms with Crippen molar-refractivity contribution in [3.8, 4) is 11.8 Å². The van der Waals surface area contributed by atoms with E-state index in [4.69, 9.17) is 9.47 Å². The van der Waals surface area contributed by atoms with Gasteiger partial charge in [-0.05, 0) is 25.2 Å². The van der Waals surface area contributed by atoms with Gasteiger partial charge >= 0.3 is 5.97 Å². The SMILES string of the molecule is CCCC[C@H](C)[C@H](CC#C[C@H](N[C@@H]1CCCOC1)C(=O)O)OC. The fourth-order valence-corrected chi connectivity index (χ4v) is 2.77. The zero-order chi connectivity index (χ0) is 17.1. The third kappa shape index (κ3) is 7.83. The van der Waals surface area contributed by atoms with Gasteiger partial charge in [0.25, 0.3) is 0 Å². The summed E-state index contributed by atoms with van der Waals surface area (Å²) in [4.78, 5) is 11.4. The number of carbonyl (C=O) groups is 1. The summed E-state index contributed by atoms with van der Waals surface area (Å²) in [5, 5.41) is 12.4. The maximum absolute atomic E-state index is 11.4. The molecule has 1 saturated heterocycles. The van der Waals surface area contributed by atoms with Crippen molar-refractivity contribution in [3.63, 3.8) is 0 Å². The van der Waals surface area contributed by atoms with Crippen LogP contribution in [0.5, 0.6) is 0 Å². The van der Waals surface area contributed by atoms with E-state index in [-0.39, 0.29) is 12.1 Å². The molecule has 0 aromatic heterocycles. The lowest BCUT2D eigenvalue weighted by Crippen LogP contribution is -2.46. The maximum Gasteiger partial charge on any atom is 0.333 e. The van der Waals surface area contributed by atoms with Gasteiger partial charge in [0.05, 0.1) is 12.7 Å². The lowest BCUT2D eigenvalue weighted by molar-refractivity contribution is -0.138. The van der Waals surface area contributed by atoms with Gasteiger partial charge in [0.1, 0.15) is 0 Å². The quantitative estimate of drug-likeness (QED) is 0.637. The topological polar surface area (TPSA) is 67.8 Å². The summed E-state index contributed by atoms with van der Waals surface area (Å²) in [7, 11) is 1.70. The largest absolute Gasteiger partial charge is 0.479 e. The normalized spacial score (nSPS) is 21.8. The number of ether oxygens (including phenoxy) is 2. The van der Waals surface area contributed by atoms with E-state index in [1.165, 1.54) is 12.8 Å². The number of carboxylic acid groups (broad SMARTS) is 1. The van der Waals surface area contributed by atoms with Gasteiger partial charge in [-0.15, -0.1) is 0 Å². The van der Waals surface area contributed by atoms with Crippen molar-refractivity contribution in [1.29, 1.82) is 0 Å². The van der Waals surface area contributed by atoms with Crippen molar-refractivity contribution in [2.24, 2.45) is 5.92 Å². The molecule has 2 N–H and O–H groups in total. The molecular formula is C18H31NO4. The molecule has 0 bridgehead atoms.